The molecule has 180 valence electrons. The fourth-order valence-corrected chi connectivity index (χ4v) is 3.11. The Hall–Kier alpha value is -4.05. The monoisotopic (exact) mass is 467 g/mol. The Morgan fingerprint density at radius 1 is 1.09 bits per heavy atom. The number of imidazole rings is 1. The summed E-state index contributed by atoms with van der Waals surface area (Å²) in [6, 6.07) is 15.8. The highest BCUT2D eigenvalue weighted by Gasteiger charge is 2.20. The van der Waals surface area contributed by atoms with Crippen molar-refractivity contribution < 1.29 is 24.2 Å². The number of carbonyl (C=O) groups excluding carboxylic acids is 1. The number of amides is 1. The second-order valence-corrected chi connectivity index (χ2v) is 7.69. The van der Waals surface area contributed by atoms with Crippen LogP contribution in [0.3, 0.4) is 0 Å². The molecule has 1 aromatic heterocycles. The summed E-state index contributed by atoms with van der Waals surface area (Å²) in [4.78, 5) is 30.5. The Kier molecular flexibility index (Phi) is 9.29. The van der Waals surface area contributed by atoms with Gasteiger partial charge in [-0.05, 0) is 36.6 Å². The van der Waals surface area contributed by atoms with E-state index in [4.69, 9.17) is 9.47 Å². The molecule has 2 unspecified atom stereocenters. The molecular formula is C24H29N5O5. The maximum atomic E-state index is 12.0. The van der Waals surface area contributed by atoms with E-state index in [2.05, 4.69) is 26.1 Å². The number of carboxylic acid groups (broad SMARTS) is 1. The van der Waals surface area contributed by atoms with Crippen LogP contribution in [0.25, 0.3) is 0 Å². The highest BCUT2D eigenvalue weighted by molar-refractivity contribution is 5.79. The summed E-state index contributed by atoms with van der Waals surface area (Å²) >= 11 is 0. The molecule has 5 N–H and O–H groups in total. The van der Waals surface area contributed by atoms with Crippen molar-refractivity contribution in [3.8, 4) is 5.75 Å². The standard InChI is InChI=1S/C24H29N5O5/c1-17(28-29-23-25-12-13-26-23)15-18-7-9-20(10-8-18)33-14-11-21(22(30)31)27-24(32)34-16-19-5-3-2-4-6-19/h2-10,12-13,17,21,28H,11,14-16H2,1H3,(H,27,32)(H,30,31)(H2,25,26,29). The zero-order chi connectivity index (χ0) is 24.2. The average molecular weight is 468 g/mol. The lowest BCUT2D eigenvalue weighted by atomic mass is 10.1. The first-order valence-corrected chi connectivity index (χ1v) is 10.9. The van der Waals surface area contributed by atoms with Crippen LogP contribution in [0.15, 0.2) is 67.0 Å². The van der Waals surface area contributed by atoms with E-state index >= 15 is 0 Å². The number of carbonyl (C=O) groups is 2. The number of H-pyrrole nitrogens is 1. The van der Waals surface area contributed by atoms with E-state index in [1.807, 2.05) is 61.5 Å². The van der Waals surface area contributed by atoms with E-state index in [1.165, 1.54) is 0 Å². The smallest absolute Gasteiger partial charge is 0.408 e. The van der Waals surface area contributed by atoms with E-state index in [1.54, 1.807) is 12.4 Å². The Labute approximate surface area is 197 Å². The number of carboxylic acids is 1. The van der Waals surface area contributed by atoms with Gasteiger partial charge in [-0.15, -0.1) is 0 Å². The number of aromatic amines is 1. The van der Waals surface area contributed by atoms with Crippen LogP contribution in [-0.4, -0.2) is 45.8 Å². The van der Waals surface area contributed by atoms with Gasteiger partial charge in [0, 0.05) is 24.9 Å². The molecule has 2 atom stereocenters. The molecule has 0 saturated heterocycles. The topological polar surface area (TPSA) is 138 Å². The van der Waals surface area contributed by atoms with Crippen molar-refractivity contribution in [2.24, 2.45) is 0 Å². The van der Waals surface area contributed by atoms with E-state index in [-0.39, 0.29) is 25.7 Å². The quantitative estimate of drug-likeness (QED) is 0.242. The number of aliphatic carboxylic acids is 1. The normalized spacial score (nSPS) is 12.4. The van der Waals surface area contributed by atoms with Crippen LogP contribution in [-0.2, 0) is 22.6 Å². The van der Waals surface area contributed by atoms with Gasteiger partial charge in [-0.25, -0.2) is 20.0 Å². The summed E-state index contributed by atoms with van der Waals surface area (Å²) in [6.45, 7) is 2.24. The fourth-order valence-electron chi connectivity index (χ4n) is 3.11. The Morgan fingerprint density at radius 2 is 1.85 bits per heavy atom. The van der Waals surface area contributed by atoms with Gasteiger partial charge in [-0.3, -0.25) is 5.43 Å². The SMILES string of the molecule is CC(Cc1ccc(OCCC(NC(=O)OCc2ccccc2)C(=O)O)cc1)NNc1ncc[nH]1. The highest BCUT2D eigenvalue weighted by Crippen LogP contribution is 2.14. The average Bonchev–Trinajstić information content (AvgIpc) is 3.36. The first-order chi connectivity index (χ1) is 16.5. The molecule has 1 amide bonds. The van der Waals surface area contributed by atoms with Gasteiger partial charge in [0.05, 0.1) is 6.61 Å². The number of ether oxygens (including phenoxy) is 2. The molecule has 2 aromatic carbocycles. The second kappa shape index (κ2) is 12.9. The molecule has 0 bridgehead atoms. The molecule has 0 aliphatic carbocycles. The second-order valence-electron chi connectivity index (χ2n) is 7.69. The molecule has 1 heterocycles. The summed E-state index contributed by atoms with van der Waals surface area (Å²) in [5.74, 6) is 0.114. The lowest BCUT2D eigenvalue weighted by molar-refractivity contribution is -0.139. The highest BCUT2D eigenvalue weighted by atomic mass is 16.5. The minimum absolute atomic E-state index is 0.0644. The maximum Gasteiger partial charge on any atom is 0.408 e. The molecule has 3 rings (SSSR count). The van der Waals surface area contributed by atoms with Crippen molar-refractivity contribution in [1.82, 2.24) is 20.7 Å². The summed E-state index contributed by atoms with van der Waals surface area (Å²) in [5, 5.41) is 11.8. The first-order valence-electron chi connectivity index (χ1n) is 10.9. The van der Waals surface area contributed by atoms with Crippen LogP contribution in [0.1, 0.15) is 24.5 Å². The molecule has 0 aliphatic rings. The predicted octanol–water partition coefficient (Wildman–Crippen LogP) is 3.11. The fraction of sp³-hybridized carbons (Fsp3) is 0.292. The summed E-state index contributed by atoms with van der Waals surface area (Å²) in [5.41, 5.74) is 8.09. The molecule has 10 nitrogen and oxygen atoms in total. The molecule has 0 saturated carbocycles. The molecule has 0 radical (unpaired) electrons. The van der Waals surface area contributed by atoms with Crippen molar-refractivity contribution in [2.45, 2.75) is 38.5 Å². The third-order valence-corrected chi connectivity index (χ3v) is 4.88. The largest absolute Gasteiger partial charge is 0.494 e. The van der Waals surface area contributed by atoms with E-state index in [9.17, 15) is 14.7 Å². The number of nitrogens with one attached hydrogen (secondary N) is 4. The third-order valence-electron chi connectivity index (χ3n) is 4.88. The van der Waals surface area contributed by atoms with Crippen LogP contribution in [0.5, 0.6) is 5.75 Å². The number of anilines is 1. The third kappa shape index (κ3) is 8.47. The molecule has 34 heavy (non-hydrogen) atoms. The van der Waals surface area contributed by atoms with Crippen molar-refractivity contribution in [2.75, 3.05) is 12.0 Å². The van der Waals surface area contributed by atoms with Crippen LogP contribution in [0, 0.1) is 0 Å². The van der Waals surface area contributed by atoms with Gasteiger partial charge in [-0.2, -0.15) is 0 Å². The maximum absolute atomic E-state index is 12.0. The first kappa shape index (κ1) is 24.6. The van der Waals surface area contributed by atoms with Gasteiger partial charge in [-0.1, -0.05) is 42.5 Å². The number of hydrogen-bond donors (Lipinski definition) is 5. The van der Waals surface area contributed by atoms with Gasteiger partial charge < -0.3 is 24.9 Å². The number of nitrogens with zero attached hydrogens (tertiary/aromatic N) is 1. The van der Waals surface area contributed by atoms with Gasteiger partial charge in [0.2, 0.25) is 5.95 Å². The minimum atomic E-state index is -1.15. The lowest BCUT2D eigenvalue weighted by Gasteiger charge is -2.16. The number of benzene rings is 2. The molecule has 3 aromatic rings. The van der Waals surface area contributed by atoms with Gasteiger partial charge in [0.25, 0.3) is 0 Å². The van der Waals surface area contributed by atoms with Crippen molar-refractivity contribution in [1.29, 1.82) is 0 Å². The Morgan fingerprint density at radius 3 is 2.53 bits per heavy atom. The molecule has 0 fully saturated rings. The van der Waals surface area contributed by atoms with Gasteiger partial charge in [0.15, 0.2) is 0 Å². The molecular weight excluding hydrogens is 438 g/mol. The summed E-state index contributed by atoms with van der Waals surface area (Å²) < 4.78 is 10.7. The van der Waals surface area contributed by atoms with Gasteiger partial charge >= 0.3 is 12.1 Å². The zero-order valence-corrected chi connectivity index (χ0v) is 18.9. The van der Waals surface area contributed by atoms with Crippen molar-refractivity contribution >= 4 is 18.0 Å². The number of hydrazine groups is 1. The Balaban J connectivity index is 1.37. The van der Waals surface area contributed by atoms with E-state index in [0.29, 0.717) is 11.7 Å². The zero-order valence-electron chi connectivity index (χ0n) is 18.9. The van der Waals surface area contributed by atoms with Crippen LogP contribution in [0.2, 0.25) is 0 Å². The number of rotatable bonds is 13. The minimum Gasteiger partial charge on any atom is -0.494 e. The number of hydrogen-bond acceptors (Lipinski definition) is 7. The van der Waals surface area contributed by atoms with Crippen LogP contribution < -0.4 is 20.9 Å². The van der Waals surface area contributed by atoms with Crippen molar-refractivity contribution in [3.05, 3.63) is 78.1 Å². The molecule has 0 spiro atoms. The summed E-state index contributed by atoms with van der Waals surface area (Å²) in [6.07, 6.45) is 3.49. The number of aromatic nitrogens is 2. The van der Waals surface area contributed by atoms with Crippen LogP contribution in [0.4, 0.5) is 10.7 Å². The summed E-state index contributed by atoms with van der Waals surface area (Å²) in [7, 11) is 0. The van der Waals surface area contributed by atoms with Crippen molar-refractivity contribution in [3.63, 3.8) is 0 Å². The van der Waals surface area contributed by atoms with Gasteiger partial charge in [0.1, 0.15) is 18.4 Å². The molecule has 10 heteroatoms. The van der Waals surface area contributed by atoms with E-state index in [0.717, 1.165) is 17.5 Å². The van der Waals surface area contributed by atoms with Crippen LogP contribution >= 0.6 is 0 Å². The van der Waals surface area contributed by atoms with E-state index < -0.39 is 18.1 Å². The lowest BCUT2D eigenvalue weighted by Crippen LogP contribution is -2.42. The predicted molar refractivity (Wildman–Crippen MR) is 126 cm³/mol. The molecule has 0 aliphatic heterocycles. The Bertz CT molecular complexity index is 1010. The number of alkyl carbamates (subject to hydrolysis) is 1.